The number of ether oxygens (including phenoxy) is 4. The van der Waals surface area contributed by atoms with Crippen molar-refractivity contribution in [2.45, 2.75) is 44.4 Å². The largest absolute Gasteiger partial charge is 0.374 e. The molecule has 1 heterocycles. The first-order chi connectivity index (χ1) is 15.3. The van der Waals surface area contributed by atoms with Gasteiger partial charge < -0.3 is 24.1 Å². The van der Waals surface area contributed by atoms with E-state index in [9.17, 15) is 5.11 Å². The fourth-order valence-electron chi connectivity index (χ4n) is 3.62. The van der Waals surface area contributed by atoms with Crippen molar-refractivity contribution in [3.05, 3.63) is 108 Å². The summed E-state index contributed by atoms with van der Waals surface area (Å²) in [5, 5.41) is 10.5. The second-order valence-electron chi connectivity index (χ2n) is 7.59. The molecule has 0 aliphatic carbocycles. The van der Waals surface area contributed by atoms with Crippen molar-refractivity contribution in [3.8, 4) is 0 Å². The number of aliphatic hydroxyl groups excluding tert-OH is 1. The summed E-state index contributed by atoms with van der Waals surface area (Å²) < 4.78 is 23.9. The molecule has 0 radical (unpaired) electrons. The third kappa shape index (κ3) is 6.23. The maximum atomic E-state index is 10.5. The maximum absolute atomic E-state index is 10.5. The minimum atomic E-state index is -1.07. The van der Waals surface area contributed by atoms with Crippen LogP contribution in [0.15, 0.2) is 91.0 Å². The molecule has 1 aliphatic heterocycles. The van der Waals surface area contributed by atoms with E-state index in [1.165, 1.54) is 0 Å². The summed E-state index contributed by atoms with van der Waals surface area (Å²) in [6.45, 7) is 1.55. The van der Waals surface area contributed by atoms with Gasteiger partial charge in [-0.25, -0.2) is 0 Å². The van der Waals surface area contributed by atoms with Gasteiger partial charge in [0.2, 0.25) is 0 Å². The van der Waals surface area contributed by atoms with Gasteiger partial charge in [0.15, 0.2) is 6.29 Å². The molecule has 1 saturated heterocycles. The molecule has 31 heavy (non-hydrogen) atoms. The van der Waals surface area contributed by atoms with Gasteiger partial charge in [0.25, 0.3) is 0 Å². The van der Waals surface area contributed by atoms with Crippen LogP contribution in [0, 0.1) is 0 Å². The van der Waals surface area contributed by atoms with Crippen LogP contribution in [0.2, 0.25) is 0 Å². The highest BCUT2D eigenvalue weighted by Gasteiger charge is 2.45. The molecular formula is C26H28O5. The molecule has 0 aromatic heterocycles. The average molecular weight is 421 g/mol. The van der Waals surface area contributed by atoms with E-state index in [0.717, 1.165) is 16.7 Å². The van der Waals surface area contributed by atoms with Gasteiger partial charge in [-0.05, 0) is 16.7 Å². The summed E-state index contributed by atoms with van der Waals surface area (Å²) in [6.07, 6.45) is -2.55. The minimum absolute atomic E-state index is 0.302. The topological polar surface area (TPSA) is 57.2 Å². The third-order valence-corrected chi connectivity index (χ3v) is 5.25. The van der Waals surface area contributed by atoms with Crippen molar-refractivity contribution in [2.24, 2.45) is 0 Å². The monoisotopic (exact) mass is 420 g/mol. The highest BCUT2D eigenvalue weighted by molar-refractivity contribution is 5.15. The molecule has 1 N–H and O–H groups in total. The zero-order valence-corrected chi connectivity index (χ0v) is 17.4. The van der Waals surface area contributed by atoms with Gasteiger partial charge >= 0.3 is 0 Å². The fourth-order valence-corrected chi connectivity index (χ4v) is 3.62. The lowest BCUT2D eigenvalue weighted by molar-refractivity contribution is -0.153. The van der Waals surface area contributed by atoms with E-state index in [-0.39, 0.29) is 0 Å². The molecular weight excluding hydrogens is 392 g/mol. The van der Waals surface area contributed by atoms with Crippen LogP contribution in [0.5, 0.6) is 0 Å². The first-order valence-electron chi connectivity index (χ1n) is 10.6. The Kier molecular flexibility index (Phi) is 7.82. The van der Waals surface area contributed by atoms with E-state index in [2.05, 4.69) is 0 Å². The van der Waals surface area contributed by atoms with E-state index in [1.54, 1.807) is 0 Å². The third-order valence-electron chi connectivity index (χ3n) is 5.25. The van der Waals surface area contributed by atoms with Crippen LogP contribution in [0.25, 0.3) is 0 Å². The highest BCUT2D eigenvalue weighted by Crippen LogP contribution is 2.28. The summed E-state index contributed by atoms with van der Waals surface area (Å²) in [5.74, 6) is 0. The lowest BCUT2D eigenvalue weighted by Gasteiger charge is -2.24. The molecule has 1 aliphatic rings. The first kappa shape index (κ1) is 21.7. The number of hydrogen-bond acceptors (Lipinski definition) is 5. The van der Waals surface area contributed by atoms with Gasteiger partial charge in [-0.3, -0.25) is 0 Å². The Morgan fingerprint density at radius 2 is 1.06 bits per heavy atom. The lowest BCUT2D eigenvalue weighted by atomic mass is 10.1. The van der Waals surface area contributed by atoms with Gasteiger partial charge in [-0.1, -0.05) is 91.0 Å². The van der Waals surface area contributed by atoms with Crippen LogP contribution in [-0.4, -0.2) is 36.3 Å². The SMILES string of the molecule is O[C@@H]1O[C@H](COCc2ccccc2)[C@H](OCc2ccccc2)C1OCc1ccccc1. The highest BCUT2D eigenvalue weighted by atomic mass is 16.7. The van der Waals surface area contributed by atoms with Crippen LogP contribution in [0.4, 0.5) is 0 Å². The fraction of sp³-hybridized carbons (Fsp3) is 0.308. The second kappa shape index (κ2) is 11.2. The second-order valence-corrected chi connectivity index (χ2v) is 7.59. The smallest absolute Gasteiger partial charge is 0.184 e. The molecule has 5 heteroatoms. The Bertz CT molecular complexity index is 887. The summed E-state index contributed by atoms with van der Waals surface area (Å²) in [7, 11) is 0. The number of rotatable bonds is 10. The summed E-state index contributed by atoms with van der Waals surface area (Å²) in [4.78, 5) is 0. The van der Waals surface area contributed by atoms with E-state index >= 15 is 0 Å². The van der Waals surface area contributed by atoms with Gasteiger partial charge in [0, 0.05) is 0 Å². The summed E-state index contributed by atoms with van der Waals surface area (Å²) in [5.41, 5.74) is 3.16. The van der Waals surface area contributed by atoms with Crippen molar-refractivity contribution in [3.63, 3.8) is 0 Å². The molecule has 0 bridgehead atoms. The van der Waals surface area contributed by atoms with E-state index in [0.29, 0.717) is 26.4 Å². The van der Waals surface area contributed by atoms with E-state index in [1.807, 2.05) is 91.0 Å². The zero-order valence-electron chi connectivity index (χ0n) is 17.4. The molecule has 5 nitrogen and oxygen atoms in total. The minimum Gasteiger partial charge on any atom is -0.374 e. The van der Waals surface area contributed by atoms with Crippen LogP contribution >= 0.6 is 0 Å². The quantitative estimate of drug-likeness (QED) is 0.535. The molecule has 4 rings (SSSR count). The molecule has 4 atom stereocenters. The lowest BCUT2D eigenvalue weighted by Crippen LogP contribution is -2.39. The van der Waals surface area contributed by atoms with E-state index in [4.69, 9.17) is 18.9 Å². The molecule has 3 aromatic carbocycles. The predicted octanol–water partition coefficient (Wildman–Crippen LogP) is 4.09. The van der Waals surface area contributed by atoms with Crippen molar-refractivity contribution >= 4 is 0 Å². The van der Waals surface area contributed by atoms with Crippen molar-refractivity contribution in [1.82, 2.24) is 0 Å². The molecule has 162 valence electrons. The molecule has 1 fully saturated rings. The Labute approximate surface area is 183 Å². The average Bonchev–Trinajstić information content (AvgIpc) is 3.12. The van der Waals surface area contributed by atoms with Gasteiger partial charge in [0.1, 0.15) is 18.3 Å². The first-order valence-corrected chi connectivity index (χ1v) is 10.6. The summed E-state index contributed by atoms with van der Waals surface area (Å²) in [6, 6.07) is 29.8. The van der Waals surface area contributed by atoms with Crippen molar-refractivity contribution in [1.29, 1.82) is 0 Å². The van der Waals surface area contributed by atoms with Crippen molar-refractivity contribution in [2.75, 3.05) is 6.61 Å². The van der Waals surface area contributed by atoms with Crippen LogP contribution in [-0.2, 0) is 38.8 Å². The predicted molar refractivity (Wildman–Crippen MR) is 117 cm³/mol. The Balaban J connectivity index is 1.39. The molecule has 3 aromatic rings. The van der Waals surface area contributed by atoms with Crippen LogP contribution < -0.4 is 0 Å². The molecule has 0 saturated carbocycles. The van der Waals surface area contributed by atoms with Gasteiger partial charge in [0.05, 0.1) is 26.4 Å². The van der Waals surface area contributed by atoms with Gasteiger partial charge in [-0.2, -0.15) is 0 Å². The van der Waals surface area contributed by atoms with E-state index < -0.39 is 24.6 Å². The zero-order chi connectivity index (χ0) is 21.3. The number of aliphatic hydroxyl groups is 1. The maximum Gasteiger partial charge on any atom is 0.184 e. The number of benzene rings is 3. The Hall–Kier alpha value is -2.54. The van der Waals surface area contributed by atoms with Crippen LogP contribution in [0.3, 0.4) is 0 Å². The standard InChI is InChI=1S/C26H28O5/c27-26-25(30-18-22-14-8-3-9-15-22)24(29-17-21-12-6-2-7-13-21)23(31-26)19-28-16-20-10-4-1-5-11-20/h1-15,23-27H,16-19H2/t23-,24+,25?,26-/m1/s1. The number of hydrogen-bond donors (Lipinski definition) is 1. The Morgan fingerprint density at radius 1 is 0.613 bits per heavy atom. The normalized spacial score (nSPS) is 23.1. The molecule has 0 spiro atoms. The summed E-state index contributed by atoms with van der Waals surface area (Å²) >= 11 is 0. The molecule has 1 unspecified atom stereocenters. The van der Waals surface area contributed by atoms with Crippen LogP contribution in [0.1, 0.15) is 16.7 Å². The van der Waals surface area contributed by atoms with Crippen molar-refractivity contribution < 1.29 is 24.1 Å². The Morgan fingerprint density at radius 3 is 1.58 bits per heavy atom. The van der Waals surface area contributed by atoms with Gasteiger partial charge in [-0.15, -0.1) is 0 Å². The molecule has 0 amide bonds.